The highest BCUT2D eigenvalue weighted by Gasteiger charge is 2.20. The zero-order valence-corrected chi connectivity index (χ0v) is 16.3. The van der Waals surface area contributed by atoms with E-state index in [-0.39, 0.29) is 12.7 Å². The Hall–Kier alpha value is -3.81. The molecule has 1 N–H and O–H groups in total. The van der Waals surface area contributed by atoms with Crippen molar-refractivity contribution in [2.45, 2.75) is 0 Å². The van der Waals surface area contributed by atoms with Gasteiger partial charge in [0.1, 0.15) is 17.3 Å². The van der Waals surface area contributed by atoms with Crippen molar-refractivity contribution in [3.63, 3.8) is 0 Å². The minimum atomic E-state index is -0.261. The van der Waals surface area contributed by atoms with Gasteiger partial charge in [0, 0.05) is 44.1 Å². The molecule has 0 atom stereocenters. The minimum absolute atomic E-state index is 0.198. The van der Waals surface area contributed by atoms with Crippen molar-refractivity contribution in [1.29, 1.82) is 0 Å². The average molecular weight is 403 g/mol. The fourth-order valence-electron chi connectivity index (χ4n) is 3.60. The number of amides is 1. The van der Waals surface area contributed by atoms with Gasteiger partial charge in [0.05, 0.1) is 0 Å². The first-order valence-corrected chi connectivity index (χ1v) is 9.85. The number of piperazine rings is 1. The van der Waals surface area contributed by atoms with Gasteiger partial charge in [-0.25, -0.2) is 9.97 Å². The van der Waals surface area contributed by atoms with Crippen LogP contribution in [0, 0.1) is 0 Å². The number of fused-ring (bicyclic) bond motifs is 1. The van der Waals surface area contributed by atoms with Crippen molar-refractivity contribution in [3.05, 3.63) is 66.5 Å². The highest BCUT2D eigenvalue weighted by Crippen LogP contribution is 2.34. The molecule has 30 heavy (non-hydrogen) atoms. The number of benzene rings is 1. The fourth-order valence-corrected chi connectivity index (χ4v) is 3.60. The molecule has 0 saturated carbocycles. The van der Waals surface area contributed by atoms with E-state index in [2.05, 4.69) is 25.1 Å². The van der Waals surface area contributed by atoms with Crippen LogP contribution in [0.2, 0.25) is 0 Å². The second-order valence-electron chi connectivity index (χ2n) is 7.07. The van der Waals surface area contributed by atoms with Gasteiger partial charge in [0.15, 0.2) is 11.5 Å². The van der Waals surface area contributed by atoms with Gasteiger partial charge in [-0.3, -0.25) is 4.79 Å². The largest absolute Gasteiger partial charge is 0.454 e. The molecule has 5 rings (SSSR count). The van der Waals surface area contributed by atoms with Crippen molar-refractivity contribution in [2.24, 2.45) is 0 Å². The third-order valence-electron chi connectivity index (χ3n) is 5.17. The molecule has 0 spiro atoms. The summed E-state index contributed by atoms with van der Waals surface area (Å²) in [6, 6.07) is 16.8. The van der Waals surface area contributed by atoms with E-state index in [1.807, 2.05) is 36.5 Å². The summed E-state index contributed by atoms with van der Waals surface area (Å²) in [6.07, 6.45) is 1.81. The standard InChI is InChI=1S/C22H21N5O3/c28-22(24-16-7-8-18-19(14-16)30-15-29-18)17-4-3-6-21(25-17)27-12-10-26(11-13-27)20-5-1-2-9-23-20/h1-9,14H,10-13,15H2,(H,24,28). The van der Waals surface area contributed by atoms with Gasteiger partial charge in [-0.05, 0) is 36.4 Å². The van der Waals surface area contributed by atoms with Crippen LogP contribution >= 0.6 is 0 Å². The van der Waals surface area contributed by atoms with Gasteiger partial charge in [-0.2, -0.15) is 0 Å². The number of ether oxygens (including phenoxy) is 2. The maximum absolute atomic E-state index is 12.7. The molecule has 2 aromatic heterocycles. The molecule has 152 valence electrons. The van der Waals surface area contributed by atoms with Crippen LogP contribution in [0.25, 0.3) is 0 Å². The predicted octanol–water partition coefficient (Wildman–Crippen LogP) is 2.78. The van der Waals surface area contributed by atoms with Gasteiger partial charge >= 0.3 is 0 Å². The van der Waals surface area contributed by atoms with Crippen LogP contribution in [-0.4, -0.2) is 48.8 Å². The molecule has 1 amide bonds. The number of rotatable bonds is 4. The first-order valence-electron chi connectivity index (χ1n) is 9.85. The van der Waals surface area contributed by atoms with E-state index >= 15 is 0 Å². The van der Waals surface area contributed by atoms with Crippen LogP contribution in [0.1, 0.15) is 10.5 Å². The van der Waals surface area contributed by atoms with Crippen LogP contribution in [0.3, 0.4) is 0 Å². The summed E-state index contributed by atoms with van der Waals surface area (Å²) in [5.41, 5.74) is 1.01. The summed E-state index contributed by atoms with van der Waals surface area (Å²) in [6.45, 7) is 3.54. The molecule has 8 nitrogen and oxygen atoms in total. The van der Waals surface area contributed by atoms with Crippen LogP contribution < -0.4 is 24.6 Å². The van der Waals surface area contributed by atoms with Gasteiger partial charge in [-0.15, -0.1) is 0 Å². The number of nitrogens with one attached hydrogen (secondary N) is 1. The molecule has 1 fully saturated rings. The Bertz CT molecular complexity index is 1050. The second-order valence-corrected chi connectivity index (χ2v) is 7.07. The molecule has 0 radical (unpaired) electrons. The maximum Gasteiger partial charge on any atom is 0.274 e. The summed E-state index contributed by atoms with van der Waals surface area (Å²) < 4.78 is 10.7. The van der Waals surface area contributed by atoms with E-state index in [1.54, 1.807) is 24.3 Å². The van der Waals surface area contributed by atoms with Gasteiger partial charge in [0.25, 0.3) is 5.91 Å². The van der Waals surface area contributed by atoms with E-state index in [0.717, 1.165) is 37.8 Å². The lowest BCUT2D eigenvalue weighted by molar-refractivity contribution is 0.102. The topological polar surface area (TPSA) is 79.8 Å². The number of hydrogen-bond donors (Lipinski definition) is 1. The third-order valence-corrected chi connectivity index (χ3v) is 5.17. The Balaban J connectivity index is 1.25. The molecule has 0 unspecified atom stereocenters. The van der Waals surface area contributed by atoms with E-state index < -0.39 is 0 Å². The predicted molar refractivity (Wildman–Crippen MR) is 113 cm³/mol. The summed E-state index contributed by atoms with van der Waals surface area (Å²) in [5.74, 6) is 2.83. The molecule has 8 heteroatoms. The molecule has 0 bridgehead atoms. The molecule has 3 aromatic rings. The molecule has 0 aliphatic carbocycles. The van der Waals surface area contributed by atoms with Crippen molar-refractivity contribution < 1.29 is 14.3 Å². The summed E-state index contributed by atoms with van der Waals surface area (Å²) >= 11 is 0. The zero-order valence-electron chi connectivity index (χ0n) is 16.3. The quantitative estimate of drug-likeness (QED) is 0.718. The van der Waals surface area contributed by atoms with Gasteiger partial charge in [0.2, 0.25) is 6.79 Å². The van der Waals surface area contributed by atoms with Crippen LogP contribution in [0.4, 0.5) is 17.3 Å². The molecule has 2 aliphatic rings. The van der Waals surface area contributed by atoms with E-state index in [9.17, 15) is 4.79 Å². The van der Waals surface area contributed by atoms with E-state index in [1.165, 1.54) is 0 Å². The Labute approximate surface area is 174 Å². The molecule has 1 aromatic carbocycles. The Morgan fingerprint density at radius 2 is 1.63 bits per heavy atom. The Kier molecular flexibility index (Phi) is 4.80. The number of hydrogen-bond acceptors (Lipinski definition) is 7. The molecular weight excluding hydrogens is 382 g/mol. The monoisotopic (exact) mass is 403 g/mol. The molecule has 4 heterocycles. The van der Waals surface area contributed by atoms with E-state index in [0.29, 0.717) is 22.9 Å². The number of nitrogens with zero attached hydrogens (tertiary/aromatic N) is 4. The number of carbonyl (C=O) groups is 1. The van der Waals surface area contributed by atoms with Gasteiger partial charge < -0.3 is 24.6 Å². The zero-order chi connectivity index (χ0) is 20.3. The molecule has 2 aliphatic heterocycles. The summed E-state index contributed by atoms with van der Waals surface area (Å²) in [4.78, 5) is 26.2. The Morgan fingerprint density at radius 3 is 2.43 bits per heavy atom. The number of anilines is 3. The second kappa shape index (κ2) is 7.90. The fraction of sp³-hybridized carbons (Fsp3) is 0.227. The van der Waals surface area contributed by atoms with Crippen molar-refractivity contribution >= 4 is 23.2 Å². The third kappa shape index (κ3) is 3.71. The van der Waals surface area contributed by atoms with E-state index in [4.69, 9.17) is 9.47 Å². The van der Waals surface area contributed by atoms with Crippen molar-refractivity contribution in [2.75, 3.05) is 48.1 Å². The SMILES string of the molecule is O=C(Nc1ccc2c(c1)OCO2)c1cccc(N2CCN(c3ccccn3)CC2)n1. The van der Waals surface area contributed by atoms with Crippen molar-refractivity contribution in [1.82, 2.24) is 9.97 Å². The lowest BCUT2D eigenvalue weighted by atomic mass is 10.2. The van der Waals surface area contributed by atoms with Crippen LogP contribution in [-0.2, 0) is 0 Å². The average Bonchev–Trinajstić information content (AvgIpc) is 3.28. The minimum Gasteiger partial charge on any atom is -0.454 e. The number of aromatic nitrogens is 2. The van der Waals surface area contributed by atoms with Gasteiger partial charge in [-0.1, -0.05) is 12.1 Å². The number of carbonyl (C=O) groups excluding carboxylic acids is 1. The summed E-state index contributed by atoms with van der Waals surface area (Å²) in [7, 11) is 0. The normalized spacial score (nSPS) is 15.2. The summed E-state index contributed by atoms with van der Waals surface area (Å²) in [5, 5.41) is 2.87. The van der Waals surface area contributed by atoms with Crippen LogP contribution in [0.5, 0.6) is 11.5 Å². The van der Waals surface area contributed by atoms with Crippen LogP contribution in [0.15, 0.2) is 60.8 Å². The maximum atomic E-state index is 12.7. The smallest absolute Gasteiger partial charge is 0.274 e. The highest BCUT2D eigenvalue weighted by atomic mass is 16.7. The number of pyridine rings is 2. The highest BCUT2D eigenvalue weighted by molar-refractivity contribution is 6.03. The Morgan fingerprint density at radius 1 is 0.867 bits per heavy atom. The first kappa shape index (κ1) is 18.2. The first-order chi connectivity index (χ1) is 14.8. The van der Waals surface area contributed by atoms with Crippen molar-refractivity contribution in [3.8, 4) is 11.5 Å². The lowest BCUT2D eigenvalue weighted by Crippen LogP contribution is -2.47. The molecule has 1 saturated heterocycles. The molecular formula is C22H21N5O3. The lowest BCUT2D eigenvalue weighted by Gasteiger charge is -2.36.